The van der Waals surface area contributed by atoms with Gasteiger partial charge in [0.25, 0.3) is 10.0 Å². The van der Waals surface area contributed by atoms with Crippen LogP contribution in [0, 0.1) is 11.6 Å². The summed E-state index contributed by atoms with van der Waals surface area (Å²) in [6.07, 6.45) is 0. The number of carbonyl (C=O) groups excluding carboxylic acids is 2. The second-order valence-corrected chi connectivity index (χ2v) is 9.54. The van der Waals surface area contributed by atoms with Crippen molar-refractivity contribution in [2.45, 2.75) is 24.4 Å². The fourth-order valence-corrected chi connectivity index (χ4v) is 4.93. The Bertz CT molecular complexity index is 1300. The zero-order valence-corrected chi connectivity index (χ0v) is 20.0. The molecule has 0 fully saturated rings. The van der Waals surface area contributed by atoms with E-state index in [0.717, 1.165) is 11.0 Å². The van der Waals surface area contributed by atoms with Crippen LogP contribution in [0.4, 0.5) is 14.5 Å². The number of hydrogen-bond acceptors (Lipinski definition) is 4. The Kier molecular flexibility index (Phi) is 8.18. The van der Waals surface area contributed by atoms with Crippen LogP contribution in [0.1, 0.15) is 12.5 Å². The highest BCUT2D eigenvalue weighted by Crippen LogP contribution is 2.27. The minimum Gasteiger partial charge on any atom is -0.357 e. The largest absolute Gasteiger partial charge is 0.357 e. The standard InChI is InChI=1S/C25H25F2N3O4S/c1-18(25(32)28-2)29(16-19-10-6-7-13-21(19)26)24(31)17-30(23-15-9-8-14-22(23)27)35(33,34)20-11-4-3-5-12-20/h3-15,18H,16-17H2,1-2H3,(H,28,32)/t18-/m0/s1. The van der Waals surface area contributed by atoms with Crippen molar-refractivity contribution in [2.75, 3.05) is 17.9 Å². The summed E-state index contributed by atoms with van der Waals surface area (Å²) in [6.45, 7) is 0.335. The first kappa shape index (κ1) is 25.8. The van der Waals surface area contributed by atoms with Crippen LogP contribution in [-0.2, 0) is 26.2 Å². The number of anilines is 1. The number of rotatable bonds is 9. The number of amides is 2. The van der Waals surface area contributed by atoms with Crippen molar-refractivity contribution >= 4 is 27.5 Å². The van der Waals surface area contributed by atoms with Crippen molar-refractivity contribution in [2.24, 2.45) is 0 Å². The first-order valence-corrected chi connectivity index (χ1v) is 12.2. The maximum absolute atomic E-state index is 14.7. The molecule has 184 valence electrons. The summed E-state index contributed by atoms with van der Waals surface area (Å²) >= 11 is 0. The molecule has 0 radical (unpaired) electrons. The van der Waals surface area contributed by atoms with Gasteiger partial charge in [0.2, 0.25) is 11.8 Å². The van der Waals surface area contributed by atoms with Crippen molar-refractivity contribution in [3.8, 4) is 0 Å². The molecular weight excluding hydrogens is 476 g/mol. The van der Waals surface area contributed by atoms with E-state index in [0.29, 0.717) is 4.31 Å². The lowest BCUT2D eigenvalue weighted by Crippen LogP contribution is -2.51. The van der Waals surface area contributed by atoms with Crippen LogP contribution in [-0.4, -0.2) is 44.8 Å². The van der Waals surface area contributed by atoms with Crippen LogP contribution in [0.25, 0.3) is 0 Å². The smallest absolute Gasteiger partial charge is 0.264 e. The molecular formula is C25H25F2N3O4S. The summed E-state index contributed by atoms with van der Waals surface area (Å²) in [7, 11) is -2.98. The average molecular weight is 502 g/mol. The van der Waals surface area contributed by atoms with Gasteiger partial charge < -0.3 is 10.2 Å². The number of carbonyl (C=O) groups is 2. The van der Waals surface area contributed by atoms with Gasteiger partial charge in [0, 0.05) is 19.2 Å². The summed E-state index contributed by atoms with van der Waals surface area (Å²) in [4.78, 5) is 26.8. The van der Waals surface area contributed by atoms with E-state index in [-0.39, 0.29) is 22.7 Å². The van der Waals surface area contributed by atoms with Crippen LogP contribution < -0.4 is 9.62 Å². The molecule has 3 aromatic rings. The van der Waals surface area contributed by atoms with Crippen LogP contribution in [0.2, 0.25) is 0 Å². The SMILES string of the molecule is CNC(=O)[C@H](C)N(Cc1ccccc1F)C(=O)CN(c1ccccc1F)S(=O)(=O)c1ccccc1. The Balaban J connectivity index is 2.05. The molecule has 0 bridgehead atoms. The summed E-state index contributed by atoms with van der Waals surface area (Å²) in [5, 5.41) is 2.43. The van der Waals surface area contributed by atoms with Gasteiger partial charge in [-0.1, -0.05) is 48.5 Å². The zero-order valence-electron chi connectivity index (χ0n) is 19.2. The number of nitrogens with zero attached hydrogens (tertiary/aromatic N) is 2. The van der Waals surface area contributed by atoms with Gasteiger partial charge in [-0.05, 0) is 37.3 Å². The predicted octanol–water partition coefficient (Wildman–Crippen LogP) is 3.32. The normalized spacial score (nSPS) is 12.0. The molecule has 0 unspecified atom stereocenters. The molecule has 1 atom stereocenters. The Labute approximate surface area is 203 Å². The highest BCUT2D eigenvalue weighted by Gasteiger charge is 2.33. The minimum absolute atomic E-state index is 0.139. The van der Waals surface area contributed by atoms with Crippen LogP contribution >= 0.6 is 0 Å². The molecule has 10 heteroatoms. The Morgan fingerprint density at radius 1 is 0.886 bits per heavy atom. The molecule has 0 heterocycles. The molecule has 0 aliphatic carbocycles. The average Bonchev–Trinajstić information content (AvgIpc) is 2.86. The summed E-state index contributed by atoms with van der Waals surface area (Å²) in [5.41, 5.74) is -0.192. The summed E-state index contributed by atoms with van der Waals surface area (Å²) in [5.74, 6) is -2.78. The Hall–Kier alpha value is -3.79. The highest BCUT2D eigenvalue weighted by atomic mass is 32.2. The van der Waals surface area contributed by atoms with Crippen molar-refractivity contribution < 1.29 is 26.8 Å². The van der Waals surface area contributed by atoms with E-state index in [2.05, 4.69) is 5.32 Å². The number of nitrogens with one attached hydrogen (secondary N) is 1. The van der Waals surface area contributed by atoms with Crippen molar-refractivity contribution in [3.05, 3.63) is 96.1 Å². The van der Waals surface area contributed by atoms with Gasteiger partial charge in [-0.15, -0.1) is 0 Å². The maximum atomic E-state index is 14.7. The van der Waals surface area contributed by atoms with Gasteiger partial charge in [0.1, 0.15) is 24.2 Å². The predicted molar refractivity (Wildman–Crippen MR) is 128 cm³/mol. The van der Waals surface area contributed by atoms with Gasteiger partial charge in [-0.2, -0.15) is 0 Å². The molecule has 35 heavy (non-hydrogen) atoms. The van der Waals surface area contributed by atoms with E-state index in [1.165, 1.54) is 74.6 Å². The first-order valence-electron chi connectivity index (χ1n) is 10.7. The molecule has 0 aliphatic heterocycles. The van der Waals surface area contributed by atoms with Gasteiger partial charge in [-0.25, -0.2) is 17.2 Å². The van der Waals surface area contributed by atoms with E-state index in [1.54, 1.807) is 12.1 Å². The van der Waals surface area contributed by atoms with Gasteiger partial charge in [-0.3, -0.25) is 13.9 Å². The molecule has 1 N–H and O–H groups in total. The number of benzene rings is 3. The minimum atomic E-state index is -4.37. The molecule has 0 aromatic heterocycles. The number of hydrogen-bond donors (Lipinski definition) is 1. The Morgan fingerprint density at radius 2 is 1.46 bits per heavy atom. The van der Waals surface area contributed by atoms with Crippen LogP contribution in [0.15, 0.2) is 83.8 Å². The third-order valence-corrected chi connectivity index (χ3v) is 7.22. The maximum Gasteiger partial charge on any atom is 0.264 e. The fourth-order valence-electron chi connectivity index (χ4n) is 3.49. The third kappa shape index (κ3) is 5.83. The second-order valence-electron chi connectivity index (χ2n) is 7.68. The molecule has 0 aliphatic rings. The number of sulfonamides is 1. The monoisotopic (exact) mass is 501 g/mol. The highest BCUT2D eigenvalue weighted by molar-refractivity contribution is 7.92. The van der Waals surface area contributed by atoms with E-state index in [9.17, 15) is 26.8 Å². The second kappa shape index (κ2) is 11.1. The number of halogens is 2. The number of para-hydroxylation sites is 1. The topological polar surface area (TPSA) is 86.8 Å². The third-order valence-electron chi connectivity index (χ3n) is 5.44. The lowest BCUT2D eigenvalue weighted by atomic mass is 10.1. The van der Waals surface area contributed by atoms with Crippen molar-refractivity contribution in [1.82, 2.24) is 10.2 Å². The molecule has 7 nitrogen and oxygen atoms in total. The quantitative estimate of drug-likeness (QED) is 0.487. The lowest BCUT2D eigenvalue weighted by molar-refractivity contribution is -0.139. The van der Waals surface area contributed by atoms with Gasteiger partial charge >= 0.3 is 0 Å². The molecule has 0 saturated heterocycles. The van der Waals surface area contributed by atoms with Gasteiger partial charge in [0.15, 0.2) is 0 Å². The van der Waals surface area contributed by atoms with Crippen molar-refractivity contribution in [1.29, 1.82) is 0 Å². The Morgan fingerprint density at radius 3 is 2.06 bits per heavy atom. The number of likely N-dealkylation sites (N-methyl/N-ethyl adjacent to an activating group) is 1. The van der Waals surface area contributed by atoms with E-state index in [1.807, 2.05) is 0 Å². The molecule has 3 aromatic carbocycles. The van der Waals surface area contributed by atoms with E-state index >= 15 is 0 Å². The van der Waals surface area contributed by atoms with E-state index < -0.39 is 46.1 Å². The van der Waals surface area contributed by atoms with Gasteiger partial charge in [0.05, 0.1) is 10.6 Å². The molecule has 2 amide bonds. The molecule has 0 saturated carbocycles. The lowest BCUT2D eigenvalue weighted by Gasteiger charge is -2.31. The zero-order chi connectivity index (χ0) is 25.6. The van der Waals surface area contributed by atoms with Crippen LogP contribution in [0.5, 0.6) is 0 Å². The summed E-state index contributed by atoms with van der Waals surface area (Å²) in [6, 6.07) is 17.1. The molecule has 0 spiro atoms. The van der Waals surface area contributed by atoms with Crippen LogP contribution in [0.3, 0.4) is 0 Å². The molecule has 3 rings (SSSR count). The fraction of sp³-hybridized carbons (Fsp3) is 0.200. The first-order chi connectivity index (χ1) is 16.7. The summed E-state index contributed by atoms with van der Waals surface area (Å²) < 4.78 is 56.7. The van der Waals surface area contributed by atoms with Crippen molar-refractivity contribution in [3.63, 3.8) is 0 Å². The van der Waals surface area contributed by atoms with E-state index in [4.69, 9.17) is 0 Å².